The van der Waals surface area contributed by atoms with Crippen molar-refractivity contribution >= 4 is 0 Å². The molecule has 0 aromatic heterocycles. The smallest absolute Gasteiger partial charge is 0.0724 e. The van der Waals surface area contributed by atoms with Crippen molar-refractivity contribution in [3.8, 4) is 0 Å². The van der Waals surface area contributed by atoms with Crippen LogP contribution in [0.5, 0.6) is 0 Å². The molecule has 90 valence electrons. The summed E-state index contributed by atoms with van der Waals surface area (Å²) in [5.74, 6) is 0.717. The lowest BCUT2D eigenvalue weighted by Crippen LogP contribution is -2.46. The number of hydrogen-bond acceptors (Lipinski definition) is 3. The van der Waals surface area contributed by atoms with E-state index < -0.39 is 0 Å². The molecule has 3 heteroatoms. The van der Waals surface area contributed by atoms with Crippen LogP contribution in [0.3, 0.4) is 0 Å². The summed E-state index contributed by atoms with van der Waals surface area (Å²) in [6.07, 6.45) is 2.93. The predicted molar refractivity (Wildman–Crippen MR) is 64.2 cm³/mol. The van der Waals surface area contributed by atoms with Gasteiger partial charge in [-0.2, -0.15) is 0 Å². The summed E-state index contributed by atoms with van der Waals surface area (Å²) in [6.45, 7) is 10.2. The molecule has 0 saturated carbocycles. The van der Waals surface area contributed by atoms with Crippen molar-refractivity contribution in [2.45, 2.75) is 32.8 Å². The van der Waals surface area contributed by atoms with Crippen LogP contribution in [0.25, 0.3) is 0 Å². The molecule has 1 fully saturated rings. The zero-order valence-electron chi connectivity index (χ0n) is 10.5. The van der Waals surface area contributed by atoms with Crippen LogP contribution >= 0.6 is 0 Å². The van der Waals surface area contributed by atoms with Crippen LogP contribution in [-0.4, -0.2) is 50.8 Å². The number of methoxy groups -OCH3 is 1. The number of nitrogens with zero attached hydrogens (tertiary/aromatic N) is 1. The minimum atomic E-state index is 0.435. The van der Waals surface area contributed by atoms with Gasteiger partial charge in [-0.05, 0) is 31.8 Å². The molecular formula is C12H26N2O. The number of hydrogen-bond donors (Lipinski definition) is 1. The van der Waals surface area contributed by atoms with E-state index in [0.29, 0.717) is 6.10 Å². The van der Waals surface area contributed by atoms with Gasteiger partial charge in [0.15, 0.2) is 0 Å². The Balaban J connectivity index is 2.14. The van der Waals surface area contributed by atoms with Crippen LogP contribution in [-0.2, 0) is 4.74 Å². The van der Waals surface area contributed by atoms with Gasteiger partial charge in [0, 0.05) is 26.7 Å². The van der Waals surface area contributed by atoms with E-state index in [1.54, 1.807) is 0 Å². The third kappa shape index (κ3) is 4.49. The molecule has 1 rings (SSSR count). The largest absolute Gasteiger partial charge is 0.380 e. The Morgan fingerprint density at radius 2 is 2.20 bits per heavy atom. The molecule has 1 aliphatic heterocycles. The summed E-state index contributed by atoms with van der Waals surface area (Å²) < 4.78 is 5.50. The van der Waals surface area contributed by atoms with Crippen molar-refractivity contribution in [3.63, 3.8) is 0 Å². The van der Waals surface area contributed by atoms with Crippen LogP contribution in [0.2, 0.25) is 0 Å². The molecule has 0 bridgehead atoms. The van der Waals surface area contributed by atoms with Gasteiger partial charge in [-0.3, -0.25) is 4.90 Å². The quantitative estimate of drug-likeness (QED) is 0.675. The van der Waals surface area contributed by atoms with E-state index in [0.717, 1.165) is 32.1 Å². The molecular weight excluding hydrogens is 188 g/mol. The number of nitrogens with one attached hydrogen (secondary N) is 1. The minimum absolute atomic E-state index is 0.435. The van der Waals surface area contributed by atoms with Crippen molar-refractivity contribution < 1.29 is 4.74 Å². The monoisotopic (exact) mass is 214 g/mol. The van der Waals surface area contributed by atoms with E-state index in [1.807, 2.05) is 7.11 Å². The predicted octanol–water partition coefficient (Wildman–Crippen LogP) is 1.34. The van der Waals surface area contributed by atoms with Gasteiger partial charge in [0.25, 0.3) is 0 Å². The maximum atomic E-state index is 5.50. The third-order valence-corrected chi connectivity index (χ3v) is 3.31. The highest BCUT2D eigenvalue weighted by atomic mass is 16.5. The zero-order valence-corrected chi connectivity index (χ0v) is 10.5. The highest BCUT2D eigenvalue weighted by Gasteiger charge is 2.25. The normalized spacial score (nSPS) is 28.2. The van der Waals surface area contributed by atoms with E-state index in [9.17, 15) is 0 Å². The van der Waals surface area contributed by atoms with Crippen molar-refractivity contribution in [2.75, 3.05) is 39.8 Å². The summed E-state index contributed by atoms with van der Waals surface area (Å²) in [4.78, 5) is 2.51. The number of ether oxygens (including phenoxy) is 1. The fourth-order valence-electron chi connectivity index (χ4n) is 2.15. The summed E-state index contributed by atoms with van der Waals surface area (Å²) in [6, 6.07) is 0. The first-order valence-corrected chi connectivity index (χ1v) is 6.23. The molecule has 3 nitrogen and oxygen atoms in total. The average Bonchev–Trinajstić information content (AvgIpc) is 2.26. The number of likely N-dealkylation sites (tertiary alicyclic amines) is 1. The SMILES string of the molecule is CCCNCCN1CCC(C)C(OC)C1. The first-order valence-electron chi connectivity index (χ1n) is 6.23. The van der Waals surface area contributed by atoms with Crippen molar-refractivity contribution in [1.29, 1.82) is 0 Å². The van der Waals surface area contributed by atoms with Crippen LogP contribution < -0.4 is 5.32 Å². The molecule has 0 aliphatic carbocycles. The Labute approximate surface area is 94.2 Å². The van der Waals surface area contributed by atoms with Gasteiger partial charge in [0.1, 0.15) is 0 Å². The van der Waals surface area contributed by atoms with Gasteiger partial charge in [-0.25, -0.2) is 0 Å². The second kappa shape index (κ2) is 7.20. The molecule has 0 aromatic rings. The van der Waals surface area contributed by atoms with E-state index >= 15 is 0 Å². The molecule has 0 aromatic carbocycles. The van der Waals surface area contributed by atoms with Crippen molar-refractivity contribution in [3.05, 3.63) is 0 Å². The van der Waals surface area contributed by atoms with E-state index in [1.165, 1.54) is 19.4 Å². The second-order valence-electron chi connectivity index (χ2n) is 4.59. The van der Waals surface area contributed by atoms with Crippen LogP contribution in [0.15, 0.2) is 0 Å². The highest BCUT2D eigenvalue weighted by Crippen LogP contribution is 2.18. The first kappa shape index (κ1) is 12.9. The van der Waals surface area contributed by atoms with E-state index in [2.05, 4.69) is 24.1 Å². The lowest BCUT2D eigenvalue weighted by atomic mass is 9.96. The molecule has 0 spiro atoms. The van der Waals surface area contributed by atoms with Gasteiger partial charge in [-0.15, -0.1) is 0 Å². The Morgan fingerprint density at radius 3 is 2.87 bits per heavy atom. The lowest BCUT2D eigenvalue weighted by molar-refractivity contribution is -0.00440. The van der Waals surface area contributed by atoms with Crippen molar-refractivity contribution in [2.24, 2.45) is 5.92 Å². The number of rotatable bonds is 6. The Morgan fingerprint density at radius 1 is 1.40 bits per heavy atom. The van der Waals surface area contributed by atoms with Gasteiger partial charge in [0.05, 0.1) is 6.10 Å². The highest BCUT2D eigenvalue weighted by molar-refractivity contribution is 4.78. The lowest BCUT2D eigenvalue weighted by Gasteiger charge is -2.36. The van der Waals surface area contributed by atoms with E-state index in [4.69, 9.17) is 4.74 Å². The molecule has 0 amide bonds. The maximum Gasteiger partial charge on any atom is 0.0724 e. The first-order chi connectivity index (χ1) is 7.27. The van der Waals surface area contributed by atoms with Crippen LogP contribution in [0, 0.1) is 5.92 Å². The van der Waals surface area contributed by atoms with Crippen molar-refractivity contribution in [1.82, 2.24) is 10.2 Å². The molecule has 0 radical (unpaired) electrons. The van der Waals surface area contributed by atoms with Crippen LogP contribution in [0.4, 0.5) is 0 Å². The fourth-order valence-corrected chi connectivity index (χ4v) is 2.15. The summed E-state index contributed by atoms with van der Waals surface area (Å²) in [5.41, 5.74) is 0. The molecule has 1 aliphatic rings. The summed E-state index contributed by atoms with van der Waals surface area (Å²) in [7, 11) is 1.83. The zero-order chi connectivity index (χ0) is 11.1. The molecule has 1 heterocycles. The Hall–Kier alpha value is -0.120. The van der Waals surface area contributed by atoms with Gasteiger partial charge >= 0.3 is 0 Å². The average molecular weight is 214 g/mol. The Kier molecular flexibility index (Phi) is 6.22. The van der Waals surface area contributed by atoms with Gasteiger partial charge < -0.3 is 10.1 Å². The van der Waals surface area contributed by atoms with Crippen LogP contribution in [0.1, 0.15) is 26.7 Å². The Bertz CT molecular complexity index is 164. The number of piperidine rings is 1. The molecule has 1 N–H and O–H groups in total. The molecule has 15 heavy (non-hydrogen) atoms. The molecule has 2 unspecified atom stereocenters. The maximum absolute atomic E-state index is 5.50. The van der Waals surface area contributed by atoms with Gasteiger partial charge in [0.2, 0.25) is 0 Å². The standard InChI is InChI=1S/C12H26N2O/c1-4-6-13-7-9-14-8-5-11(2)12(10-14)15-3/h11-13H,4-10H2,1-3H3. The summed E-state index contributed by atoms with van der Waals surface area (Å²) in [5, 5.41) is 3.44. The third-order valence-electron chi connectivity index (χ3n) is 3.31. The topological polar surface area (TPSA) is 24.5 Å². The minimum Gasteiger partial charge on any atom is -0.380 e. The van der Waals surface area contributed by atoms with E-state index in [-0.39, 0.29) is 0 Å². The second-order valence-corrected chi connectivity index (χ2v) is 4.59. The summed E-state index contributed by atoms with van der Waals surface area (Å²) >= 11 is 0. The fraction of sp³-hybridized carbons (Fsp3) is 1.00. The molecule has 2 atom stereocenters. The molecule has 1 saturated heterocycles. The van der Waals surface area contributed by atoms with Gasteiger partial charge in [-0.1, -0.05) is 13.8 Å².